The number of benzene rings is 2. The van der Waals surface area contributed by atoms with Gasteiger partial charge >= 0.3 is 6.09 Å². The second-order valence-corrected chi connectivity index (χ2v) is 7.75. The van der Waals surface area contributed by atoms with Crippen LogP contribution in [0.4, 0.5) is 10.5 Å². The van der Waals surface area contributed by atoms with Gasteiger partial charge in [-0.05, 0) is 55.7 Å². The molecule has 0 saturated carbocycles. The summed E-state index contributed by atoms with van der Waals surface area (Å²) in [6.07, 6.45) is 3.56. The highest BCUT2D eigenvalue weighted by Gasteiger charge is 2.32. The molecule has 9 nitrogen and oxygen atoms in total. The molecule has 3 aromatic rings. The molecule has 2 amide bonds. The number of aromatic nitrogens is 2. The Morgan fingerprint density at radius 1 is 1.15 bits per heavy atom. The summed E-state index contributed by atoms with van der Waals surface area (Å²) in [5.74, 6) is 1.34. The van der Waals surface area contributed by atoms with Gasteiger partial charge in [-0.1, -0.05) is 36.0 Å². The first kappa shape index (κ1) is 23.0. The van der Waals surface area contributed by atoms with E-state index in [0.717, 1.165) is 24.8 Å². The predicted molar refractivity (Wildman–Crippen MR) is 125 cm³/mol. The molecule has 2 heterocycles. The van der Waals surface area contributed by atoms with E-state index in [9.17, 15) is 9.59 Å². The normalized spacial score (nSPS) is 15.4. The maximum atomic E-state index is 12.9. The lowest BCUT2D eigenvalue weighted by Gasteiger charge is -2.33. The van der Waals surface area contributed by atoms with E-state index < -0.39 is 6.09 Å². The topological polar surface area (TPSA) is 107 Å². The van der Waals surface area contributed by atoms with Crippen molar-refractivity contribution in [2.75, 3.05) is 25.1 Å². The molecule has 1 aliphatic rings. The third kappa shape index (κ3) is 5.80. The fourth-order valence-corrected chi connectivity index (χ4v) is 3.71. The number of amides is 2. The highest BCUT2D eigenvalue weighted by Crippen LogP contribution is 2.31. The summed E-state index contributed by atoms with van der Waals surface area (Å²) in [5, 5.41) is 6.73. The zero-order valence-electron chi connectivity index (χ0n) is 18.7. The quantitative estimate of drug-likeness (QED) is 0.487. The van der Waals surface area contributed by atoms with Gasteiger partial charge in [0.05, 0.1) is 0 Å². The number of carbonyl (C=O) groups excluding carboxylic acids is 2. The molecule has 1 aromatic heterocycles. The second-order valence-electron chi connectivity index (χ2n) is 7.75. The highest BCUT2D eigenvalue weighted by atomic mass is 16.5. The van der Waals surface area contributed by atoms with Crippen molar-refractivity contribution in [3.05, 3.63) is 73.1 Å². The molecule has 1 saturated heterocycles. The Kier molecular flexibility index (Phi) is 7.54. The van der Waals surface area contributed by atoms with E-state index in [0.29, 0.717) is 29.7 Å². The Balaban J connectivity index is 1.40. The molecule has 176 valence electrons. The number of rotatable bonds is 8. The van der Waals surface area contributed by atoms with Crippen LogP contribution in [0.3, 0.4) is 0 Å². The number of para-hydroxylation sites is 1. The van der Waals surface area contributed by atoms with Crippen LogP contribution in [0, 0.1) is 0 Å². The minimum Gasteiger partial charge on any atom is -0.484 e. The summed E-state index contributed by atoms with van der Waals surface area (Å²) in [4.78, 5) is 30.8. The smallest absolute Gasteiger partial charge is 0.411 e. The van der Waals surface area contributed by atoms with Crippen LogP contribution in [-0.2, 0) is 9.53 Å². The number of hydrogen-bond donors (Lipinski definition) is 1. The summed E-state index contributed by atoms with van der Waals surface area (Å²) < 4.78 is 16.1. The summed E-state index contributed by atoms with van der Waals surface area (Å²) in [6, 6.07) is 15.9. The Morgan fingerprint density at radius 2 is 1.94 bits per heavy atom. The van der Waals surface area contributed by atoms with Gasteiger partial charge in [-0.25, -0.2) is 4.79 Å². The summed E-state index contributed by atoms with van der Waals surface area (Å²) in [6.45, 7) is 4.20. The van der Waals surface area contributed by atoms with Crippen molar-refractivity contribution >= 4 is 17.7 Å². The van der Waals surface area contributed by atoms with Gasteiger partial charge in [0, 0.05) is 17.8 Å². The van der Waals surface area contributed by atoms with Crippen molar-refractivity contribution in [3.63, 3.8) is 0 Å². The lowest BCUT2D eigenvalue weighted by Crippen LogP contribution is -2.41. The monoisotopic (exact) mass is 462 g/mol. The average Bonchev–Trinajstić information content (AvgIpc) is 3.37. The first-order chi connectivity index (χ1) is 16.6. The third-order valence-corrected chi connectivity index (χ3v) is 5.38. The van der Waals surface area contributed by atoms with Crippen LogP contribution < -0.4 is 10.1 Å². The Bertz CT molecular complexity index is 1110. The van der Waals surface area contributed by atoms with Crippen molar-refractivity contribution in [2.24, 2.45) is 0 Å². The van der Waals surface area contributed by atoms with Gasteiger partial charge in [-0.3, -0.25) is 10.1 Å². The standard InChI is InChI=1S/C25H26N4O5/c1-2-16-32-25(31)26-19-13-11-18(12-14-19)23-27-24(34-28-23)21-10-6-7-15-29(21)22(30)17-33-20-8-4-3-5-9-20/h2-5,8-9,11-14,21H,1,6-7,10,15-17H2,(H,26,31)/t21-/m1/s1. The van der Waals surface area contributed by atoms with Gasteiger partial charge in [-0.15, -0.1) is 0 Å². The minimum atomic E-state index is -0.562. The van der Waals surface area contributed by atoms with Gasteiger partial charge in [0.1, 0.15) is 18.4 Å². The van der Waals surface area contributed by atoms with Crippen molar-refractivity contribution < 1.29 is 23.6 Å². The van der Waals surface area contributed by atoms with Crippen molar-refractivity contribution in [3.8, 4) is 17.1 Å². The van der Waals surface area contributed by atoms with E-state index in [2.05, 4.69) is 22.0 Å². The number of nitrogens with zero attached hydrogens (tertiary/aromatic N) is 3. The fraction of sp³-hybridized carbons (Fsp3) is 0.280. The molecular formula is C25H26N4O5. The van der Waals surface area contributed by atoms with Gasteiger partial charge < -0.3 is 18.9 Å². The van der Waals surface area contributed by atoms with Crippen LogP contribution in [0.15, 0.2) is 71.8 Å². The molecule has 1 atom stereocenters. The van der Waals surface area contributed by atoms with E-state index in [4.69, 9.17) is 14.0 Å². The van der Waals surface area contributed by atoms with Crippen molar-refractivity contribution in [1.29, 1.82) is 0 Å². The number of hydrogen-bond acceptors (Lipinski definition) is 7. The lowest BCUT2D eigenvalue weighted by molar-refractivity contribution is -0.138. The molecule has 1 aliphatic heterocycles. The van der Waals surface area contributed by atoms with Crippen LogP contribution in [0.5, 0.6) is 5.75 Å². The van der Waals surface area contributed by atoms with Crippen LogP contribution in [-0.4, -0.2) is 46.8 Å². The van der Waals surface area contributed by atoms with Crippen molar-refractivity contribution in [1.82, 2.24) is 15.0 Å². The van der Waals surface area contributed by atoms with Gasteiger partial charge in [0.2, 0.25) is 11.7 Å². The Labute approximate surface area is 197 Å². The highest BCUT2D eigenvalue weighted by molar-refractivity contribution is 5.85. The van der Waals surface area contributed by atoms with Crippen LogP contribution in [0.25, 0.3) is 11.4 Å². The number of nitrogens with one attached hydrogen (secondary N) is 1. The number of ether oxygens (including phenoxy) is 2. The average molecular weight is 463 g/mol. The molecule has 0 aliphatic carbocycles. The number of piperidine rings is 1. The summed E-state index contributed by atoms with van der Waals surface area (Å²) >= 11 is 0. The molecule has 0 spiro atoms. The molecule has 0 radical (unpaired) electrons. The molecular weight excluding hydrogens is 436 g/mol. The van der Waals surface area contributed by atoms with E-state index in [-0.39, 0.29) is 25.2 Å². The number of anilines is 1. The molecule has 1 N–H and O–H groups in total. The molecule has 1 fully saturated rings. The first-order valence-electron chi connectivity index (χ1n) is 11.1. The van der Waals surface area contributed by atoms with Gasteiger partial charge in [-0.2, -0.15) is 4.98 Å². The largest absolute Gasteiger partial charge is 0.484 e. The maximum absolute atomic E-state index is 12.9. The molecule has 4 rings (SSSR count). The van der Waals surface area contributed by atoms with E-state index in [1.165, 1.54) is 6.08 Å². The van der Waals surface area contributed by atoms with Crippen LogP contribution >= 0.6 is 0 Å². The van der Waals surface area contributed by atoms with Gasteiger partial charge in [0.15, 0.2) is 6.61 Å². The third-order valence-electron chi connectivity index (χ3n) is 5.38. The SMILES string of the molecule is C=CCOC(=O)Nc1ccc(-c2noc([C@H]3CCCCN3C(=O)COc3ccccc3)n2)cc1. The zero-order valence-corrected chi connectivity index (χ0v) is 18.7. The first-order valence-corrected chi connectivity index (χ1v) is 11.1. The number of carbonyl (C=O) groups is 2. The molecule has 9 heteroatoms. The van der Waals surface area contributed by atoms with Crippen LogP contribution in [0.2, 0.25) is 0 Å². The van der Waals surface area contributed by atoms with Crippen LogP contribution in [0.1, 0.15) is 31.2 Å². The van der Waals surface area contributed by atoms with E-state index >= 15 is 0 Å². The van der Waals surface area contributed by atoms with E-state index in [1.54, 1.807) is 29.2 Å². The number of likely N-dealkylation sites (tertiary alicyclic amines) is 1. The molecule has 0 unspecified atom stereocenters. The second kappa shape index (κ2) is 11.1. The summed E-state index contributed by atoms with van der Waals surface area (Å²) in [5.41, 5.74) is 1.30. The Hall–Kier alpha value is -4.14. The molecule has 2 aromatic carbocycles. The predicted octanol–water partition coefficient (Wildman–Crippen LogP) is 4.60. The maximum Gasteiger partial charge on any atom is 0.411 e. The van der Waals surface area contributed by atoms with E-state index in [1.807, 2.05) is 30.3 Å². The molecule has 0 bridgehead atoms. The summed E-state index contributed by atoms with van der Waals surface area (Å²) in [7, 11) is 0. The molecule has 34 heavy (non-hydrogen) atoms. The zero-order chi connectivity index (χ0) is 23.8. The van der Waals surface area contributed by atoms with Gasteiger partial charge in [0.25, 0.3) is 5.91 Å². The van der Waals surface area contributed by atoms with Crippen molar-refractivity contribution in [2.45, 2.75) is 25.3 Å². The lowest BCUT2D eigenvalue weighted by atomic mass is 10.0. The Morgan fingerprint density at radius 3 is 2.71 bits per heavy atom. The fourth-order valence-electron chi connectivity index (χ4n) is 3.71. The minimum absolute atomic E-state index is 0.0504.